The van der Waals surface area contributed by atoms with Gasteiger partial charge in [-0.2, -0.15) is 0 Å². The standard InChI is InChI=1S/C17H22FNO2/c1-12(2)8-19-9-14-6-16(20-10-14)11-21-17-7-15(18)5-4-13(17)3/h4-7,10,12,19H,8-9,11H2,1-3H3. The van der Waals surface area contributed by atoms with Crippen LogP contribution < -0.4 is 10.1 Å². The number of ether oxygens (including phenoxy) is 1. The molecule has 0 aliphatic carbocycles. The summed E-state index contributed by atoms with van der Waals surface area (Å²) in [5.41, 5.74) is 1.99. The number of rotatable bonds is 7. The maximum atomic E-state index is 13.2. The minimum atomic E-state index is -0.298. The summed E-state index contributed by atoms with van der Waals surface area (Å²) in [6, 6.07) is 6.48. The topological polar surface area (TPSA) is 34.4 Å². The lowest BCUT2D eigenvalue weighted by Crippen LogP contribution is -2.18. The van der Waals surface area contributed by atoms with Crippen molar-refractivity contribution in [1.82, 2.24) is 5.32 Å². The van der Waals surface area contributed by atoms with E-state index in [1.165, 1.54) is 12.1 Å². The Labute approximate surface area is 125 Å². The van der Waals surface area contributed by atoms with Crippen molar-refractivity contribution in [2.45, 2.75) is 33.9 Å². The molecule has 21 heavy (non-hydrogen) atoms. The molecule has 2 aromatic rings. The molecule has 0 aliphatic rings. The fraction of sp³-hybridized carbons (Fsp3) is 0.412. The Morgan fingerprint density at radius 2 is 2.10 bits per heavy atom. The molecule has 1 heterocycles. The lowest BCUT2D eigenvalue weighted by atomic mass is 10.2. The molecule has 0 unspecified atom stereocenters. The quantitative estimate of drug-likeness (QED) is 0.835. The number of hydrogen-bond donors (Lipinski definition) is 1. The van der Waals surface area contributed by atoms with Crippen molar-refractivity contribution in [3.63, 3.8) is 0 Å². The number of furan rings is 1. The zero-order valence-electron chi connectivity index (χ0n) is 12.8. The normalized spacial score (nSPS) is 11.1. The maximum Gasteiger partial charge on any atom is 0.146 e. The van der Waals surface area contributed by atoms with E-state index in [9.17, 15) is 4.39 Å². The monoisotopic (exact) mass is 291 g/mol. The molecule has 114 valence electrons. The second-order valence-corrected chi connectivity index (χ2v) is 5.64. The molecule has 1 N–H and O–H groups in total. The predicted octanol–water partition coefficient (Wildman–Crippen LogP) is 4.05. The lowest BCUT2D eigenvalue weighted by Gasteiger charge is -2.07. The fourth-order valence-corrected chi connectivity index (χ4v) is 1.98. The highest BCUT2D eigenvalue weighted by atomic mass is 19.1. The van der Waals surface area contributed by atoms with E-state index in [2.05, 4.69) is 19.2 Å². The van der Waals surface area contributed by atoms with Crippen LogP contribution in [0.15, 0.2) is 34.9 Å². The Morgan fingerprint density at radius 3 is 2.86 bits per heavy atom. The molecule has 0 aliphatic heterocycles. The maximum absolute atomic E-state index is 13.2. The average Bonchev–Trinajstić information content (AvgIpc) is 2.87. The van der Waals surface area contributed by atoms with Crippen molar-refractivity contribution in [3.8, 4) is 5.75 Å². The summed E-state index contributed by atoms with van der Waals surface area (Å²) in [6.07, 6.45) is 1.73. The minimum Gasteiger partial charge on any atom is -0.485 e. The zero-order chi connectivity index (χ0) is 15.2. The molecule has 0 radical (unpaired) electrons. The van der Waals surface area contributed by atoms with Gasteiger partial charge in [0.25, 0.3) is 0 Å². The third-order valence-corrected chi connectivity index (χ3v) is 3.11. The molecule has 1 aromatic heterocycles. The highest BCUT2D eigenvalue weighted by molar-refractivity contribution is 5.32. The van der Waals surface area contributed by atoms with Crippen LogP contribution in [-0.2, 0) is 13.2 Å². The molecule has 0 saturated carbocycles. The first-order valence-electron chi connectivity index (χ1n) is 7.20. The van der Waals surface area contributed by atoms with E-state index in [0.717, 1.165) is 30.0 Å². The summed E-state index contributed by atoms with van der Waals surface area (Å²) in [5.74, 6) is 1.61. The molecule has 0 saturated heterocycles. The van der Waals surface area contributed by atoms with Gasteiger partial charge in [0.15, 0.2) is 0 Å². The minimum absolute atomic E-state index is 0.298. The van der Waals surface area contributed by atoms with Gasteiger partial charge in [-0.25, -0.2) is 4.39 Å². The summed E-state index contributed by atoms with van der Waals surface area (Å²) < 4.78 is 24.2. The molecular formula is C17H22FNO2. The highest BCUT2D eigenvalue weighted by Gasteiger charge is 2.06. The Hall–Kier alpha value is -1.81. The van der Waals surface area contributed by atoms with Crippen molar-refractivity contribution in [1.29, 1.82) is 0 Å². The molecule has 0 atom stereocenters. The molecule has 4 heteroatoms. The first-order valence-corrected chi connectivity index (χ1v) is 7.20. The van der Waals surface area contributed by atoms with E-state index in [0.29, 0.717) is 18.3 Å². The van der Waals surface area contributed by atoms with Gasteiger partial charge in [-0.15, -0.1) is 0 Å². The number of aryl methyl sites for hydroxylation is 1. The van der Waals surface area contributed by atoms with Crippen molar-refractivity contribution < 1.29 is 13.5 Å². The van der Waals surface area contributed by atoms with Gasteiger partial charge in [-0.05, 0) is 37.1 Å². The van der Waals surface area contributed by atoms with Crippen molar-refractivity contribution in [3.05, 3.63) is 53.2 Å². The van der Waals surface area contributed by atoms with Crippen molar-refractivity contribution in [2.75, 3.05) is 6.54 Å². The summed E-state index contributed by atoms with van der Waals surface area (Å²) >= 11 is 0. The van der Waals surface area contributed by atoms with Gasteiger partial charge in [-0.3, -0.25) is 0 Å². The predicted molar refractivity (Wildman–Crippen MR) is 80.7 cm³/mol. The summed E-state index contributed by atoms with van der Waals surface area (Å²) in [7, 11) is 0. The number of hydrogen-bond acceptors (Lipinski definition) is 3. The molecule has 0 fully saturated rings. The molecule has 2 rings (SSSR count). The van der Waals surface area contributed by atoms with Crippen molar-refractivity contribution >= 4 is 0 Å². The average molecular weight is 291 g/mol. The van der Waals surface area contributed by atoms with Crippen LogP contribution in [0.4, 0.5) is 4.39 Å². The van der Waals surface area contributed by atoms with Gasteiger partial charge >= 0.3 is 0 Å². The van der Waals surface area contributed by atoms with E-state index in [1.807, 2.05) is 13.0 Å². The van der Waals surface area contributed by atoms with Crippen LogP contribution in [0.5, 0.6) is 5.75 Å². The van der Waals surface area contributed by atoms with Gasteiger partial charge in [0.2, 0.25) is 0 Å². The summed E-state index contributed by atoms with van der Waals surface area (Å²) in [5, 5.41) is 3.35. The number of benzene rings is 1. The van der Waals surface area contributed by atoms with Crippen LogP contribution in [0, 0.1) is 18.7 Å². The molecule has 3 nitrogen and oxygen atoms in total. The number of halogens is 1. The van der Waals surface area contributed by atoms with E-state index in [4.69, 9.17) is 9.15 Å². The summed E-state index contributed by atoms with van der Waals surface area (Å²) in [4.78, 5) is 0. The van der Waals surface area contributed by atoms with Crippen LogP contribution >= 0.6 is 0 Å². The van der Waals surface area contributed by atoms with Gasteiger partial charge in [-0.1, -0.05) is 19.9 Å². The highest BCUT2D eigenvalue weighted by Crippen LogP contribution is 2.20. The Balaban J connectivity index is 1.86. The Kier molecular flexibility index (Phi) is 5.39. The number of nitrogens with one attached hydrogen (secondary N) is 1. The van der Waals surface area contributed by atoms with Gasteiger partial charge in [0, 0.05) is 18.2 Å². The molecule has 0 amide bonds. The molecular weight excluding hydrogens is 269 g/mol. The first kappa shape index (κ1) is 15.6. The SMILES string of the molecule is Cc1ccc(F)cc1OCc1cc(CNCC(C)C)co1. The van der Waals surface area contributed by atoms with Gasteiger partial charge in [0.05, 0.1) is 6.26 Å². The fourth-order valence-electron chi connectivity index (χ4n) is 1.98. The third-order valence-electron chi connectivity index (χ3n) is 3.11. The van der Waals surface area contributed by atoms with E-state index in [-0.39, 0.29) is 5.82 Å². The first-order chi connectivity index (χ1) is 10.0. The molecule has 0 spiro atoms. The van der Waals surface area contributed by atoms with E-state index in [1.54, 1.807) is 12.3 Å². The van der Waals surface area contributed by atoms with Crippen LogP contribution in [0.1, 0.15) is 30.7 Å². The lowest BCUT2D eigenvalue weighted by molar-refractivity contribution is 0.267. The second kappa shape index (κ2) is 7.27. The third kappa shape index (κ3) is 4.90. The Bertz CT molecular complexity index is 578. The van der Waals surface area contributed by atoms with E-state index < -0.39 is 0 Å². The van der Waals surface area contributed by atoms with Gasteiger partial charge < -0.3 is 14.5 Å². The largest absolute Gasteiger partial charge is 0.485 e. The van der Waals surface area contributed by atoms with Crippen LogP contribution in [0.2, 0.25) is 0 Å². The smallest absolute Gasteiger partial charge is 0.146 e. The zero-order valence-corrected chi connectivity index (χ0v) is 12.8. The summed E-state index contributed by atoms with van der Waals surface area (Å²) in [6.45, 7) is 8.28. The van der Waals surface area contributed by atoms with E-state index >= 15 is 0 Å². The van der Waals surface area contributed by atoms with Crippen LogP contribution in [0.25, 0.3) is 0 Å². The van der Waals surface area contributed by atoms with Crippen LogP contribution in [-0.4, -0.2) is 6.54 Å². The van der Waals surface area contributed by atoms with Gasteiger partial charge in [0.1, 0.15) is 23.9 Å². The van der Waals surface area contributed by atoms with Crippen molar-refractivity contribution in [2.24, 2.45) is 5.92 Å². The molecule has 0 bridgehead atoms. The Morgan fingerprint density at radius 1 is 1.29 bits per heavy atom. The molecule has 1 aromatic carbocycles. The second-order valence-electron chi connectivity index (χ2n) is 5.64. The van der Waals surface area contributed by atoms with Crippen LogP contribution in [0.3, 0.4) is 0 Å².